The van der Waals surface area contributed by atoms with Gasteiger partial charge in [-0.15, -0.1) is 0 Å². The number of amides is 1. The molecule has 0 unspecified atom stereocenters. The number of benzene rings is 2. The normalized spacial score (nSPS) is 13.9. The van der Waals surface area contributed by atoms with Crippen molar-refractivity contribution in [2.24, 2.45) is 0 Å². The topological polar surface area (TPSA) is 50.2 Å². The zero-order valence-electron chi connectivity index (χ0n) is 19.1. The minimum atomic E-state index is -0.524. The van der Waals surface area contributed by atoms with Crippen LogP contribution in [0.15, 0.2) is 60.8 Å². The van der Waals surface area contributed by atoms with Gasteiger partial charge in [0.15, 0.2) is 0 Å². The summed E-state index contributed by atoms with van der Waals surface area (Å²) in [6.45, 7) is 2.14. The van der Waals surface area contributed by atoms with Gasteiger partial charge in [0.05, 0.1) is 10.5 Å². The van der Waals surface area contributed by atoms with Crippen LogP contribution in [-0.4, -0.2) is 33.6 Å². The van der Waals surface area contributed by atoms with Crippen LogP contribution in [0.5, 0.6) is 0 Å². The van der Waals surface area contributed by atoms with Crippen LogP contribution in [-0.2, 0) is 19.5 Å². The summed E-state index contributed by atoms with van der Waals surface area (Å²) in [6, 6.07) is 12.3. The third kappa shape index (κ3) is 5.00. The lowest BCUT2D eigenvalue weighted by Crippen LogP contribution is -2.34. The summed E-state index contributed by atoms with van der Waals surface area (Å²) in [5, 5.41) is 3.84. The van der Waals surface area contributed by atoms with Gasteiger partial charge in [0, 0.05) is 49.9 Å². The van der Waals surface area contributed by atoms with E-state index >= 15 is 0 Å². The third-order valence-corrected chi connectivity index (χ3v) is 6.84. The predicted octanol–water partition coefficient (Wildman–Crippen LogP) is 6.45. The van der Waals surface area contributed by atoms with Crippen molar-refractivity contribution in [3.8, 4) is 0 Å². The smallest absolute Gasteiger partial charge is 0.326 e. The molecule has 2 aromatic heterocycles. The van der Waals surface area contributed by atoms with E-state index in [0.29, 0.717) is 42.1 Å². The molecule has 1 N–H and O–H groups in total. The van der Waals surface area contributed by atoms with Crippen molar-refractivity contribution in [2.45, 2.75) is 19.5 Å². The van der Waals surface area contributed by atoms with Crippen molar-refractivity contribution in [3.05, 3.63) is 105 Å². The molecule has 5 rings (SSSR count). The second-order valence-electron chi connectivity index (χ2n) is 8.60. The molecule has 0 bridgehead atoms. The van der Waals surface area contributed by atoms with Crippen molar-refractivity contribution in [2.75, 3.05) is 13.1 Å². The molecule has 0 fully saturated rings. The van der Waals surface area contributed by atoms with Gasteiger partial charge in [0.2, 0.25) is 0 Å². The molecule has 0 radical (unpaired) electrons. The Morgan fingerprint density at radius 2 is 1.92 bits per heavy atom. The molecule has 1 aliphatic rings. The zero-order valence-corrected chi connectivity index (χ0v) is 20.7. The SMILES string of the molecule is O=C(NCc1ccnc(Cl)c1)n1c2c(c3c(Cl)c(F)ccc31)CN(C/C=C/c1ccc(F)cc1)CC2. The lowest BCUT2D eigenvalue weighted by Gasteiger charge is -2.27. The monoisotopic (exact) mass is 526 g/mol. The summed E-state index contributed by atoms with van der Waals surface area (Å²) in [6.07, 6.45) is 6.12. The quantitative estimate of drug-likeness (QED) is 0.304. The minimum Gasteiger partial charge on any atom is -0.333 e. The zero-order chi connectivity index (χ0) is 25.2. The average molecular weight is 527 g/mol. The highest BCUT2D eigenvalue weighted by Gasteiger charge is 2.28. The van der Waals surface area contributed by atoms with E-state index in [2.05, 4.69) is 15.2 Å². The number of hydrogen-bond acceptors (Lipinski definition) is 3. The van der Waals surface area contributed by atoms with E-state index in [-0.39, 0.29) is 23.4 Å². The molecule has 2 aromatic carbocycles. The van der Waals surface area contributed by atoms with E-state index in [0.717, 1.165) is 22.4 Å². The molecule has 0 spiro atoms. The van der Waals surface area contributed by atoms with Crippen molar-refractivity contribution < 1.29 is 13.6 Å². The van der Waals surface area contributed by atoms with E-state index in [1.807, 2.05) is 12.2 Å². The molecule has 3 heterocycles. The molecular weight excluding hydrogens is 505 g/mol. The van der Waals surface area contributed by atoms with Gasteiger partial charge in [-0.2, -0.15) is 0 Å². The Balaban J connectivity index is 1.40. The van der Waals surface area contributed by atoms with Crippen LogP contribution >= 0.6 is 23.2 Å². The molecule has 1 aliphatic heterocycles. The Morgan fingerprint density at radius 1 is 1.11 bits per heavy atom. The highest BCUT2D eigenvalue weighted by Crippen LogP contribution is 2.36. The lowest BCUT2D eigenvalue weighted by molar-refractivity contribution is 0.240. The van der Waals surface area contributed by atoms with Crippen molar-refractivity contribution in [3.63, 3.8) is 0 Å². The Bertz CT molecular complexity index is 1470. The highest BCUT2D eigenvalue weighted by atomic mass is 35.5. The number of nitrogens with zero attached hydrogens (tertiary/aromatic N) is 3. The number of hydrogen-bond donors (Lipinski definition) is 1. The number of carbonyl (C=O) groups excluding carboxylic acids is 1. The van der Waals surface area contributed by atoms with Crippen molar-refractivity contribution in [1.29, 1.82) is 0 Å². The van der Waals surface area contributed by atoms with E-state index in [4.69, 9.17) is 23.2 Å². The van der Waals surface area contributed by atoms with Crippen LogP contribution in [0, 0.1) is 11.6 Å². The maximum atomic E-state index is 14.4. The Labute approximate surface area is 216 Å². The fraction of sp³-hybridized carbons (Fsp3) is 0.185. The summed E-state index contributed by atoms with van der Waals surface area (Å²) in [4.78, 5) is 19.4. The van der Waals surface area contributed by atoms with Crippen molar-refractivity contribution >= 4 is 46.2 Å². The number of aromatic nitrogens is 2. The van der Waals surface area contributed by atoms with Gasteiger partial charge in [-0.3, -0.25) is 9.47 Å². The van der Waals surface area contributed by atoms with Crippen LogP contribution in [0.2, 0.25) is 10.2 Å². The summed E-state index contributed by atoms with van der Waals surface area (Å²) in [7, 11) is 0. The molecule has 4 aromatic rings. The summed E-state index contributed by atoms with van der Waals surface area (Å²) in [5.41, 5.74) is 3.96. The molecule has 9 heteroatoms. The number of nitrogens with one attached hydrogen (secondary N) is 1. The number of carbonyl (C=O) groups is 1. The van der Waals surface area contributed by atoms with Crippen LogP contribution in [0.4, 0.5) is 13.6 Å². The Kier molecular flexibility index (Phi) is 7.05. The van der Waals surface area contributed by atoms with E-state index in [1.54, 1.807) is 41.1 Å². The van der Waals surface area contributed by atoms with Gasteiger partial charge in [-0.1, -0.05) is 47.5 Å². The summed E-state index contributed by atoms with van der Waals surface area (Å²) >= 11 is 12.4. The van der Waals surface area contributed by atoms with Gasteiger partial charge >= 0.3 is 6.03 Å². The van der Waals surface area contributed by atoms with E-state index in [1.165, 1.54) is 18.2 Å². The lowest BCUT2D eigenvalue weighted by atomic mass is 10.0. The van der Waals surface area contributed by atoms with Crippen LogP contribution in [0.1, 0.15) is 22.4 Å². The van der Waals surface area contributed by atoms with Gasteiger partial charge in [0.1, 0.15) is 16.8 Å². The van der Waals surface area contributed by atoms with E-state index in [9.17, 15) is 13.6 Å². The minimum absolute atomic E-state index is 0.0138. The fourth-order valence-corrected chi connectivity index (χ4v) is 5.02. The second kappa shape index (κ2) is 10.4. The maximum absolute atomic E-state index is 14.4. The molecule has 36 heavy (non-hydrogen) atoms. The second-order valence-corrected chi connectivity index (χ2v) is 9.37. The predicted molar refractivity (Wildman–Crippen MR) is 138 cm³/mol. The number of fused-ring (bicyclic) bond motifs is 3. The molecule has 5 nitrogen and oxygen atoms in total. The molecule has 0 aliphatic carbocycles. The number of pyridine rings is 1. The first-order valence-electron chi connectivity index (χ1n) is 11.4. The van der Waals surface area contributed by atoms with Crippen LogP contribution < -0.4 is 5.32 Å². The van der Waals surface area contributed by atoms with Gasteiger partial charge in [-0.25, -0.2) is 18.6 Å². The summed E-state index contributed by atoms with van der Waals surface area (Å²) in [5.74, 6) is -0.797. The summed E-state index contributed by atoms with van der Waals surface area (Å²) < 4.78 is 29.2. The molecule has 0 saturated carbocycles. The first kappa shape index (κ1) is 24.4. The van der Waals surface area contributed by atoms with Gasteiger partial charge in [0.25, 0.3) is 0 Å². The number of rotatable bonds is 5. The van der Waals surface area contributed by atoms with Gasteiger partial charge in [-0.05, 0) is 53.1 Å². The third-order valence-electron chi connectivity index (χ3n) is 6.26. The average Bonchev–Trinajstić information content (AvgIpc) is 3.20. The van der Waals surface area contributed by atoms with Gasteiger partial charge < -0.3 is 5.32 Å². The van der Waals surface area contributed by atoms with Crippen LogP contribution in [0.25, 0.3) is 17.0 Å². The van der Waals surface area contributed by atoms with E-state index < -0.39 is 5.82 Å². The largest absolute Gasteiger partial charge is 0.333 e. The highest BCUT2D eigenvalue weighted by molar-refractivity contribution is 6.36. The molecular formula is C27H22Cl2F2N4O. The Morgan fingerprint density at radius 3 is 2.69 bits per heavy atom. The molecule has 184 valence electrons. The Hall–Kier alpha value is -3.26. The van der Waals surface area contributed by atoms with Crippen LogP contribution in [0.3, 0.4) is 0 Å². The number of halogens is 4. The molecule has 0 atom stereocenters. The standard InChI is InChI=1S/C27H22Cl2F2N4O/c28-24-14-18(9-11-32-24)15-33-27(36)35-22-10-13-34(12-1-2-17-3-5-19(30)6-4-17)16-20(22)25-23(35)8-7-21(31)26(25)29/h1-9,11,14H,10,12-13,15-16H2,(H,33,36)/b2-1+. The molecule has 1 amide bonds. The first-order chi connectivity index (χ1) is 17.4. The molecule has 0 saturated heterocycles. The fourth-order valence-electron chi connectivity index (χ4n) is 4.55. The van der Waals surface area contributed by atoms with Crippen molar-refractivity contribution in [1.82, 2.24) is 19.8 Å². The first-order valence-corrected chi connectivity index (χ1v) is 12.2. The maximum Gasteiger partial charge on any atom is 0.326 e.